The average molecular weight is 429 g/mol. The standard InChI is InChI=1S/C20H20N4O3S2/c1-11-4-5-14(8-12(11)2)22-19-23-24-20(29-19)28-13(3)18(25)21-15-6-7-16-17(9-15)27-10-26-16/h4-9,13H,10H2,1-3H3,(H,21,25)(H,22,23)/t13-/m0/s1. The van der Waals surface area contributed by atoms with Crippen LogP contribution in [0.15, 0.2) is 40.7 Å². The molecule has 0 saturated carbocycles. The van der Waals surface area contributed by atoms with Gasteiger partial charge in [-0.2, -0.15) is 0 Å². The maximum Gasteiger partial charge on any atom is 0.237 e. The number of ether oxygens (including phenoxy) is 2. The molecule has 0 spiro atoms. The van der Waals surface area contributed by atoms with E-state index in [2.05, 4.69) is 46.8 Å². The van der Waals surface area contributed by atoms with Crippen LogP contribution in [0.4, 0.5) is 16.5 Å². The maximum atomic E-state index is 12.5. The van der Waals surface area contributed by atoms with Gasteiger partial charge in [0.2, 0.25) is 17.8 Å². The monoisotopic (exact) mass is 428 g/mol. The number of aryl methyl sites for hydroxylation is 2. The van der Waals surface area contributed by atoms with Crippen LogP contribution in [-0.2, 0) is 4.79 Å². The number of rotatable bonds is 6. The highest BCUT2D eigenvalue weighted by atomic mass is 32.2. The molecule has 0 bridgehead atoms. The second-order valence-electron chi connectivity index (χ2n) is 6.61. The number of thioether (sulfide) groups is 1. The molecule has 0 aliphatic carbocycles. The fraction of sp³-hybridized carbons (Fsp3) is 0.250. The van der Waals surface area contributed by atoms with E-state index in [4.69, 9.17) is 9.47 Å². The van der Waals surface area contributed by atoms with Crippen molar-refractivity contribution in [3.63, 3.8) is 0 Å². The Morgan fingerprint density at radius 2 is 1.86 bits per heavy atom. The van der Waals surface area contributed by atoms with E-state index >= 15 is 0 Å². The van der Waals surface area contributed by atoms with Crippen LogP contribution in [0.2, 0.25) is 0 Å². The number of amides is 1. The predicted octanol–water partition coefficient (Wildman–Crippen LogP) is 4.75. The first-order chi connectivity index (χ1) is 14.0. The summed E-state index contributed by atoms with van der Waals surface area (Å²) in [6.07, 6.45) is 0. The second-order valence-corrected chi connectivity index (χ2v) is 9.18. The van der Waals surface area contributed by atoms with E-state index in [0.29, 0.717) is 22.3 Å². The van der Waals surface area contributed by atoms with E-state index in [1.54, 1.807) is 18.2 Å². The lowest BCUT2D eigenvalue weighted by atomic mass is 10.1. The van der Waals surface area contributed by atoms with Gasteiger partial charge < -0.3 is 20.1 Å². The Bertz CT molecular complexity index is 1050. The lowest BCUT2D eigenvalue weighted by Gasteiger charge is -2.10. The van der Waals surface area contributed by atoms with Crippen LogP contribution in [0.25, 0.3) is 0 Å². The zero-order valence-corrected chi connectivity index (χ0v) is 17.8. The minimum absolute atomic E-state index is 0.118. The van der Waals surface area contributed by atoms with Gasteiger partial charge in [0.15, 0.2) is 15.8 Å². The summed E-state index contributed by atoms with van der Waals surface area (Å²) >= 11 is 2.79. The fourth-order valence-electron chi connectivity index (χ4n) is 2.67. The molecule has 7 nitrogen and oxygen atoms in total. The van der Waals surface area contributed by atoms with E-state index in [9.17, 15) is 4.79 Å². The Kier molecular flexibility index (Phi) is 5.59. The number of benzene rings is 2. The lowest BCUT2D eigenvalue weighted by Crippen LogP contribution is -2.22. The second kappa shape index (κ2) is 8.30. The molecule has 1 atom stereocenters. The predicted molar refractivity (Wildman–Crippen MR) is 116 cm³/mol. The number of hydrogen-bond acceptors (Lipinski definition) is 8. The van der Waals surface area contributed by atoms with Crippen molar-refractivity contribution in [3.05, 3.63) is 47.5 Å². The van der Waals surface area contributed by atoms with Crippen molar-refractivity contribution < 1.29 is 14.3 Å². The Morgan fingerprint density at radius 1 is 1.07 bits per heavy atom. The molecule has 1 amide bonds. The van der Waals surface area contributed by atoms with Crippen LogP contribution >= 0.6 is 23.1 Å². The summed E-state index contributed by atoms with van der Waals surface area (Å²) in [6.45, 7) is 6.19. The molecular formula is C20H20N4O3S2. The highest BCUT2D eigenvalue weighted by Gasteiger charge is 2.19. The highest BCUT2D eigenvalue weighted by Crippen LogP contribution is 2.35. The molecule has 3 aromatic rings. The Morgan fingerprint density at radius 3 is 2.69 bits per heavy atom. The number of aromatic nitrogens is 2. The smallest absolute Gasteiger partial charge is 0.237 e. The molecule has 1 aromatic heterocycles. The van der Waals surface area contributed by atoms with Crippen LogP contribution in [0.3, 0.4) is 0 Å². The zero-order valence-electron chi connectivity index (χ0n) is 16.2. The van der Waals surface area contributed by atoms with E-state index in [1.165, 1.54) is 34.2 Å². The molecule has 0 unspecified atom stereocenters. The fourth-order valence-corrected chi connectivity index (χ4v) is 4.59. The molecule has 4 rings (SSSR count). The van der Waals surface area contributed by atoms with Crippen molar-refractivity contribution >= 4 is 45.5 Å². The first kappa shape index (κ1) is 19.5. The molecule has 0 saturated heterocycles. The van der Waals surface area contributed by atoms with E-state index in [0.717, 1.165) is 10.0 Å². The maximum absolute atomic E-state index is 12.5. The van der Waals surface area contributed by atoms with Crippen LogP contribution in [0, 0.1) is 13.8 Å². The zero-order chi connectivity index (χ0) is 20.4. The van der Waals surface area contributed by atoms with Crippen LogP contribution in [0.1, 0.15) is 18.1 Å². The molecule has 0 radical (unpaired) electrons. The molecule has 1 aliphatic rings. The third kappa shape index (κ3) is 4.63. The van der Waals surface area contributed by atoms with Gasteiger partial charge in [0.05, 0.1) is 5.25 Å². The first-order valence-electron chi connectivity index (χ1n) is 9.03. The number of nitrogens with one attached hydrogen (secondary N) is 2. The van der Waals surface area contributed by atoms with Gasteiger partial charge in [0.25, 0.3) is 0 Å². The van der Waals surface area contributed by atoms with Crippen molar-refractivity contribution in [3.8, 4) is 11.5 Å². The molecule has 0 fully saturated rings. The quantitative estimate of drug-likeness (QED) is 0.548. The summed E-state index contributed by atoms with van der Waals surface area (Å²) in [7, 11) is 0. The highest BCUT2D eigenvalue weighted by molar-refractivity contribution is 8.02. The molecule has 2 aromatic carbocycles. The normalized spacial score (nSPS) is 13.2. The molecule has 150 valence electrons. The Hall–Kier alpha value is -2.78. The number of carbonyl (C=O) groups excluding carboxylic acids is 1. The van der Waals surface area contributed by atoms with Gasteiger partial charge in [-0.15, -0.1) is 10.2 Å². The van der Waals surface area contributed by atoms with Crippen molar-refractivity contribution in [2.24, 2.45) is 0 Å². The van der Waals surface area contributed by atoms with Gasteiger partial charge in [0, 0.05) is 17.4 Å². The molecule has 9 heteroatoms. The summed E-state index contributed by atoms with van der Waals surface area (Å²) in [6, 6.07) is 11.5. The topological polar surface area (TPSA) is 85.4 Å². The van der Waals surface area contributed by atoms with Gasteiger partial charge in [-0.3, -0.25) is 4.79 Å². The summed E-state index contributed by atoms with van der Waals surface area (Å²) in [4.78, 5) is 12.5. The summed E-state index contributed by atoms with van der Waals surface area (Å²) < 4.78 is 11.3. The van der Waals surface area contributed by atoms with Crippen LogP contribution < -0.4 is 20.1 Å². The molecular weight excluding hydrogens is 408 g/mol. The van der Waals surface area contributed by atoms with Gasteiger partial charge in [-0.05, 0) is 56.2 Å². The van der Waals surface area contributed by atoms with E-state index in [-0.39, 0.29) is 18.0 Å². The molecule has 29 heavy (non-hydrogen) atoms. The third-order valence-electron chi connectivity index (χ3n) is 4.45. The van der Waals surface area contributed by atoms with E-state index < -0.39 is 0 Å². The minimum atomic E-state index is -0.331. The SMILES string of the molecule is Cc1ccc(Nc2nnc(S[C@@H](C)C(=O)Nc3ccc4c(c3)OCO4)s2)cc1C. The number of carbonyl (C=O) groups is 1. The Labute approximate surface area is 176 Å². The summed E-state index contributed by atoms with van der Waals surface area (Å²) in [5.41, 5.74) is 4.09. The van der Waals surface area contributed by atoms with Crippen molar-refractivity contribution in [2.75, 3.05) is 17.4 Å². The average Bonchev–Trinajstić information content (AvgIpc) is 3.33. The number of fused-ring (bicyclic) bond motifs is 1. The third-order valence-corrected chi connectivity index (χ3v) is 6.47. The minimum Gasteiger partial charge on any atom is -0.454 e. The van der Waals surface area contributed by atoms with Gasteiger partial charge in [-0.1, -0.05) is 29.2 Å². The first-order valence-corrected chi connectivity index (χ1v) is 10.7. The lowest BCUT2D eigenvalue weighted by molar-refractivity contribution is -0.115. The van der Waals surface area contributed by atoms with Crippen molar-refractivity contribution in [2.45, 2.75) is 30.4 Å². The molecule has 1 aliphatic heterocycles. The Balaban J connectivity index is 1.35. The number of nitrogens with zero attached hydrogens (tertiary/aromatic N) is 2. The number of hydrogen-bond donors (Lipinski definition) is 2. The van der Waals surface area contributed by atoms with Crippen LogP contribution in [-0.4, -0.2) is 28.1 Å². The van der Waals surface area contributed by atoms with Crippen LogP contribution in [0.5, 0.6) is 11.5 Å². The van der Waals surface area contributed by atoms with Gasteiger partial charge in [0.1, 0.15) is 0 Å². The van der Waals surface area contributed by atoms with Gasteiger partial charge in [-0.25, -0.2) is 0 Å². The van der Waals surface area contributed by atoms with Crippen molar-refractivity contribution in [1.29, 1.82) is 0 Å². The molecule has 2 heterocycles. The van der Waals surface area contributed by atoms with E-state index in [1.807, 2.05) is 13.0 Å². The van der Waals surface area contributed by atoms with Crippen molar-refractivity contribution in [1.82, 2.24) is 10.2 Å². The number of anilines is 3. The summed E-state index contributed by atoms with van der Waals surface area (Å²) in [5.74, 6) is 1.20. The summed E-state index contributed by atoms with van der Waals surface area (Å²) in [5, 5.41) is 14.9. The largest absolute Gasteiger partial charge is 0.454 e. The molecule has 2 N–H and O–H groups in total. The van der Waals surface area contributed by atoms with Gasteiger partial charge >= 0.3 is 0 Å².